The molecular weight excluding hydrogens is 362 g/mol. The molecule has 0 radical (unpaired) electrons. The van der Waals surface area contributed by atoms with Crippen LogP contribution in [0.3, 0.4) is 0 Å². The lowest BCUT2D eigenvalue weighted by Gasteiger charge is -2.33. The number of amides is 1. The first-order valence-electron chi connectivity index (χ1n) is 9.70. The molecule has 0 bridgehead atoms. The maximum atomic E-state index is 11.9. The van der Waals surface area contributed by atoms with E-state index in [1.54, 1.807) is 0 Å². The number of nitrogens with zero attached hydrogens (tertiary/aromatic N) is 1. The minimum Gasteiger partial charge on any atom is -0.356 e. The number of likely N-dealkylation sites (tertiary alicyclic amines) is 1. The molecule has 27 heavy (non-hydrogen) atoms. The largest absolute Gasteiger partial charge is 0.356 e. The Kier molecular flexibility index (Phi) is 8.97. The van der Waals surface area contributed by atoms with E-state index in [4.69, 9.17) is 0 Å². The third-order valence-electron chi connectivity index (χ3n) is 4.78. The molecule has 0 aromatic heterocycles. The zero-order valence-corrected chi connectivity index (χ0v) is 16.9. The van der Waals surface area contributed by atoms with Gasteiger partial charge in [-0.2, -0.15) is 0 Å². The van der Waals surface area contributed by atoms with Gasteiger partial charge in [0.2, 0.25) is 15.9 Å². The molecule has 0 spiro atoms. The lowest BCUT2D eigenvalue weighted by atomic mass is 10.0. The topological polar surface area (TPSA) is 78.5 Å². The molecule has 2 rings (SSSR count). The normalized spacial score (nSPS) is 18.6. The first-order valence-corrected chi connectivity index (χ1v) is 11.2. The minimum atomic E-state index is -3.54. The van der Waals surface area contributed by atoms with Crippen molar-refractivity contribution in [3.05, 3.63) is 41.3 Å². The molecule has 1 aromatic rings. The molecule has 1 aliphatic heterocycles. The second-order valence-electron chi connectivity index (χ2n) is 6.99. The predicted molar refractivity (Wildman–Crippen MR) is 110 cm³/mol. The predicted octanol–water partition coefficient (Wildman–Crippen LogP) is 2.35. The number of rotatable bonds is 10. The number of piperidine rings is 1. The number of carbonyl (C=O) groups is 1. The van der Waals surface area contributed by atoms with E-state index in [0.717, 1.165) is 30.5 Å². The molecular formula is C20H31N3O3S. The van der Waals surface area contributed by atoms with Crippen molar-refractivity contribution < 1.29 is 13.2 Å². The Balaban J connectivity index is 1.59. The summed E-state index contributed by atoms with van der Waals surface area (Å²) in [6.45, 7) is 5.13. The van der Waals surface area contributed by atoms with Gasteiger partial charge in [0.15, 0.2) is 0 Å². The molecule has 1 aromatic carbocycles. The van der Waals surface area contributed by atoms with Gasteiger partial charge in [0, 0.05) is 37.5 Å². The molecule has 2 N–H and O–H groups in total. The zero-order chi connectivity index (χ0) is 19.5. The molecule has 1 saturated heterocycles. The summed E-state index contributed by atoms with van der Waals surface area (Å²) in [5.41, 5.74) is 0.809. The highest BCUT2D eigenvalue weighted by atomic mass is 32.2. The van der Waals surface area contributed by atoms with Crippen molar-refractivity contribution in [3.63, 3.8) is 0 Å². The lowest BCUT2D eigenvalue weighted by Crippen LogP contribution is -2.39. The summed E-state index contributed by atoms with van der Waals surface area (Å²) in [5.74, 6) is -0.128. The van der Waals surface area contributed by atoms with Gasteiger partial charge in [-0.3, -0.25) is 4.79 Å². The number of benzene rings is 1. The van der Waals surface area contributed by atoms with Gasteiger partial charge >= 0.3 is 0 Å². The monoisotopic (exact) mass is 393 g/mol. The Bertz CT molecular complexity index is 704. The van der Waals surface area contributed by atoms with Crippen LogP contribution in [0.1, 0.15) is 44.6 Å². The molecule has 1 aliphatic rings. The van der Waals surface area contributed by atoms with Crippen molar-refractivity contribution in [2.24, 2.45) is 0 Å². The highest BCUT2D eigenvalue weighted by Gasteiger charge is 2.17. The zero-order valence-electron chi connectivity index (χ0n) is 16.1. The summed E-state index contributed by atoms with van der Waals surface area (Å²) in [7, 11) is -3.54. The summed E-state index contributed by atoms with van der Waals surface area (Å²) < 4.78 is 26.3. The van der Waals surface area contributed by atoms with Crippen molar-refractivity contribution >= 4 is 22.0 Å². The fourth-order valence-corrected chi connectivity index (χ4v) is 3.99. The standard InChI is InChI=1S/C20H31N3O3S/c1-18-8-5-6-15-23(18)16-7-13-21-20(24)11-14-22-27(25,26)17-12-19-9-3-2-4-10-19/h2-4,9-10,12,17-18,22H,5-8,11,13-16H2,1H3,(H,21,24)/b17-12+. The van der Waals surface area contributed by atoms with Crippen LogP contribution in [0.15, 0.2) is 35.7 Å². The van der Waals surface area contributed by atoms with Crippen LogP contribution in [0.25, 0.3) is 6.08 Å². The Morgan fingerprint density at radius 2 is 2.00 bits per heavy atom. The van der Waals surface area contributed by atoms with E-state index in [0.29, 0.717) is 12.6 Å². The second kappa shape index (κ2) is 11.2. The summed E-state index contributed by atoms with van der Waals surface area (Å²) >= 11 is 0. The first kappa shape index (κ1) is 21.6. The Morgan fingerprint density at radius 1 is 1.22 bits per heavy atom. The Morgan fingerprint density at radius 3 is 2.74 bits per heavy atom. The van der Waals surface area contributed by atoms with Crippen LogP contribution in [-0.2, 0) is 14.8 Å². The molecule has 1 fully saturated rings. The molecule has 6 nitrogen and oxygen atoms in total. The Labute approximate surface area is 163 Å². The number of sulfonamides is 1. The maximum absolute atomic E-state index is 11.9. The van der Waals surface area contributed by atoms with E-state index in [1.807, 2.05) is 30.3 Å². The van der Waals surface area contributed by atoms with Gasteiger partial charge in [-0.15, -0.1) is 0 Å². The average Bonchev–Trinajstić information content (AvgIpc) is 2.66. The summed E-state index contributed by atoms with van der Waals surface area (Å²) in [4.78, 5) is 14.3. The summed E-state index contributed by atoms with van der Waals surface area (Å²) in [5, 5.41) is 3.99. The van der Waals surface area contributed by atoms with E-state index >= 15 is 0 Å². The van der Waals surface area contributed by atoms with Gasteiger partial charge < -0.3 is 10.2 Å². The van der Waals surface area contributed by atoms with Crippen molar-refractivity contribution in [1.29, 1.82) is 0 Å². The van der Waals surface area contributed by atoms with E-state index in [2.05, 4.69) is 21.9 Å². The molecule has 0 aliphatic carbocycles. The van der Waals surface area contributed by atoms with Crippen molar-refractivity contribution in [2.45, 2.75) is 45.1 Å². The van der Waals surface area contributed by atoms with E-state index in [9.17, 15) is 13.2 Å². The molecule has 7 heteroatoms. The Hall–Kier alpha value is -1.70. The molecule has 150 valence electrons. The molecule has 0 saturated carbocycles. The van der Waals surface area contributed by atoms with E-state index in [-0.39, 0.29) is 18.9 Å². The summed E-state index contributed by atoms with van der Waals surface area (Å²) in [6.07, 6.45) is 6.41. The molecule has 1 amide bonds. The van der Waals surface area contributed by atoms with Crippen molar-refractivity contribution in [2.75, 3.05) is 26.2 Å². The SMILES string of the molecule is CC1CCCCN1CCCNC(=O)CCNS(=O)(=O)/C=C/c1ccccc1. The van der Waals surface area contributed by atoms with Crippen LogP contribution >= 0.6 is 0 Å². The highest BCUT2D eigenvalue weighted by Crippen LogP contribution is 2.16. The highest BCUT2D eigenvalue weighted by molar-refractivity contribution is 7.92. The van der Waals surface area contributed by atoms with E-state index < -0.39 is 10.0 Å². The van der Waals surface area contributed by atoms with Crippen LogP contribution in [-0.4, -0.2) is 51.4 Å². The quantitative estimate of drug-likeness (QED) is 0.598. The van der Waals surface area contributed by atoms with Gasteiger partial charge in [-0.1, -0.05) is 36.8 Å². The third-order valence-corrected chi connectivity index (χ3v) is 5.88. The average molecular weight is 394 g/mol. The van der Waals surface area contributed by atoms with Crippen molar-refractivity contribution in [1.82, 2.24) is 14.9 Å². The number of hydrogen-bond acceptors (Lipinski definition) is 4. The van der Waals surface area contributed by atoms with Crippen LogP contribution < -0.4 is 10.0 Å². The molecule has 1 unspecified atom stereocenters. The van der Waals surface area contributed by atoms with Gasteiger partial charge in [0.1, 0.15) is 0 Å². The number of hydrogen-bond donors (Lipinski definition) is 2. The fourth-order valence-electron chi connectivity index (χ4n) is 3.18. The van der Waals surface area contributed by atoms with Gasteiger partial charge in [-0.05, 0) is 44.4 Å². The van der Waals surface area contributed by atoms with Gasteiger partial charge in [0.05, 0.1) is 0 Å². The minimum absolute atomic E-state index is 0.0937. The smallest absolute Gasteiger partial charge is 0.233 e. The van der Waals surface area contributed by atoms with Crippen molar-refractivity contribution in [3.8, 4) is 0 Å². The lowest BCUT2D eigenvalue weighted by molar-refractivity contribution is -0.120. The number of nitrogens with one attached hydrogen (secondary N) is 2. The van der Waals surface area contributed by atoms with Crippen LogP contribution in [0.2, 0.25) is 0 Å². The van der Waals surface area contributed by atoms with Gasteiger partial charge in [0.25, 0.3) is 0 Å². The van der Waals surface area contributed by atoms with Crippen LogP contribution in [0, 0.1) is 0 Å². The first-order chi connectivity index (χ1) is 13.0. The van der Waals surface area contributed by atoms with Crippen LogP contribution in [0.5, 0.6) is 0 Å². The molecule has 1 heterocycles. The summed E-state index contributed by atoms with van der Waals surface area (Å²) in [6, 6.07) is 9.84. The van der Waals surface area contributed by atoms with Crippen LogP contribution in [0.4, 0.5) is 0 Å². The van der Waals surface area contributed by atoms with Gasteiger partial charge in [-0.25, -0.2) is 13.1 Å². The fraction of sp³-hybridized carbons (Fsp3) is 0.550. The maximum Gasteiger partial charge on any atom is 0.233 e. The molecule has 1 atom stereocenters. The second-order valence-corrected chi connectivity index (χ2v) is 8.64. The van der Waals surface area contributed by atoms with E-state index in [1.165, 1.54) is 25.3 Å². The third kappa shape index (κ3) is 8.69. The number of carbonyl (C=O) groups excluding carboxylic acids is 1.